The molecule has 17 heavy (non-hydrogen) atoms. The Morgan fingerprint density at radius 3 is 2.29 bits per heavy atom. The molecule has 0 radical (unpaired) electrons. The molecule has 1 aliphatic heterocycles. The highest BCUT2D eigenvalue weighted by molar-refractivity contribution is 5.82. The van der Waals surface area contributed by atoms with Crippen molar-refractivity contribution in [2.75, 3.05) is 32.7 Å². The van der Waals surface area contributed by atoms with E-state index in [0.29, 0.717) is 0 Å². The van der Waals surface area contributed by atoms with Crippen LogP contribution in [-0.2, 0) is 4.79 Å². The maximum Gasteiger partial charge on any atom is 0.239 e. The topological polar surface area (TPSA) is 49.6 Å². The van der Waals surface area contributed by atoms with Gasteiger partial charge in [-0.2, -0.15) is 0 Å². The van der Waals surface area contributed by atoms with Gasteiger partial charge in [-0.05, 0) is 24.7 Å². The first-order chi connectivity index (χ1) is 8.08. The molecule has 0 bridgehead atoms. The standard InChI is InChI=1S/C13H25N3O/c1-10(2)12(14)13(17)16-7-5-15(6-8-16)9-11-3-4-11/h10-12H,3-9,14H2,1-2H3. The van der Waals surface area contributed by atoms with E-state index < -0.39 is 0 Å². The highest BCUT2D eigenvalue weighted by Gasteiger charge is 2.29. The quantitative estimate of drug-likeness (QED) is 0.778. The third-order valence-corrected chi connectivity index (χ3v) is 3.90. The van der Waals surface area contributed by atoms with Crippen molar-refractivity contribution in [2.45, 2.75) is 32.7 Å². The molecule has 0 aromatic carbocycles. The van der Waals surface area contributed by atoms with Gasteiger partial charge in [-0.1, -0.05) is 13.8 Å². The number of rotatable bonds is 4. The van der Waals surface area contributed by atoms with E-state index in [4.69, 9.17) is 5.73 Å². The molecule has 0 spiro atoms. The zero-order valence-electron chi connectivity index (χ0n) is 11.1. The van der Waals surface area contributed by atoms with E-state index in [1.54, 1.807) is 0 Å². The molecule has 1 saturated heterocycles. The van der Waals surface area contributed by atoms with Crippen molar-refractivity contribution in [3.05, 3.63) is 0 Å². The Morgan fingerprint density at radius 2 is 1.82 bits per heavy atom. The number of hydrogen-bond acceptors (Lipinski definition) is 3. The van der Waals surface area contributed by atoms with Crippen LogP contribution in [0.1, 0.15) is 26.7 Å². The monoisotopic (exact) mass is 239 g/mol. The van der Waals surface area contributed by atoms with Crippen molar-refractivity contribution in [2.24, 2.45) is 17.6 Å². The van der Waals surface area contributed by atoms with Crippen LogP contribution in [-0.4, -0.2) is 54.5 Å². The lowest BCUT2D eigenvalue weighted by Crippen LogP contribution is -2.54. The largest absolute Gasteiger partial charge is 0.339 e. The van der Waals surface area contributed by atoms with Crippen LogP contribution in [0.2, 0.25) is 0 Å². The fraction of sp³-hybridized carbons (Fsp3) is 0.923. The van der Waals surface area contributed by atoms with Gasteiger partial charge in [-0.15, -0.1) is 0 Å². The summed E-state index contributed by atoms with van der Waals surface area (Å²) in [6, 6.07) is -0.329. The molecule has 2 fully saturated rings. The van der Waals surface area contributed by atoms with Crippen LogP contribution < -0.4 is 5.73 Å². The van der Waals surface area contributed by atoms with Gasteiger partial charge in [0.25, 0.3) is 0 Å². The van der Waals surface area contributed by atoms with Crippen molar-refractivity contribution in [3.63, 3.8) is 0 Å². The minimum absolute atomic E-state index is 0.131. The number of hydrogen-bond donors (Lipinski definition) is 1. The lowest BCUT2D eigenvalue weighted by atomic mass is 10.0. The first kappa shape index (κ1) is 12.8. The SMILES string of the molecule is CC(C)C(N)C(=O)N1CCN(CC2CC2)CC1. The van der Waals surface area contributed by atoms with Gasteiger partial charge >= 0.3 is 0 Å². The van der Waals surface area contributed by atoms with Crippen LogP contribution in [0.15, 0.2) is 0 Å². The fourth-order valence-electron chi connectivity index (χ4n) is 2.31. The average molecular weight is 239 g/mol. The van der Waals surface area contributed by atoms with E-state index in [0.717, 1.165) is 32.1 Å². The van der Waals surface area contributed by atoms with Crippen LogP contribution in [0, 0.1) is 11.8 Å². The van der Waals surface area contributed by atoms with E-state index in [-0.39, 0.29) is 17.9 Å². The molecule has 1 unspecified atom stereocenters. The molecular formula is C13H25N3O. The summed E-state index contributed by atoms with van der Waals surface area (Å²) in [4.78, 5) is 16.5. The van der Waals surface area contributed by atoms with E-state index in [1.165, 1.54) is 19.4 Å². The molecule has 1 heterocycles. The Balaban J connectivity index is 1.75. The predicted octanol–water partition coefficient (Wildman–Crippen LogP) is 0.524. The predicted molar refractivity (Wildman–Crippen MR) is 68.6 cm³/mol. The van der Waals surface area contributed by atoms with Gasteiger partial charge in [0.2, 0.25) is 5.91 Å². The number of carbonyl (C=O) groups excluding carboxylic acids is 1. The normalized spacial score (nSPS) is 24.1. The van der Waals surface area contributed by atoms with Crippen LogP contribution >= 0.6 is 0 Å². The summed E-state index contributed by atoms with van der Waals surface area (Å²) in [5, 5.41) is 0. The van der Waals surface area contributed by atoms with E-state index >= 15 is 0 Å². The number of carbonyl (C=O) groups is 1. The molecule has 4 heteroatoms. The zero-order valence-corrected chi connectivity index (χ0v) is 11.1. The lowest BCUT2D eigenvalue weighted by Gasteiger charge is -2.36. The fourth-order valence-corrected chi connectivity index (χ4v) is 2.31. The second-order valence-electron chi connectivity index (χ2n) is 5.84. The summed E-state index contributed by atoms with van der Waals surface area (Å²) in [6.07, 6.45) is 2.80. The Labute approximate surface area is 104 Å². The molecule has 0 aromatic rings. The minimum Gasteiger partial charge on any atom is -0.339 e. The van der Waals surface area contributed by atoms with Crippen LogP contribution in [0.25, 0.3) is 0 Å². The average Bonchev–Trinajstić information content (AvgIpc) is 3.12. The van der Waals surface area contributed by atoms with Crippen molar-refractivity contribution in [3.8, 4) is 0 Å². The third kappa shape index (κ3) is 3.42. The van der Waals surface area contributed by atoms with Crippen molar-refractivity contribution < 1.29 is 4.79 Å². The third-order valence-electron chi connectivity index (χ3n) is 3.90. The van der Waals surface area contributed by atoms with Gasteiger partial charge in [0.05, 0.1) is 6.04 Å². The summed E-state index contributed by atoms with van der Waals surface area (Å²) < 4.78 is 0. The van der Waals surface area contributed by atoms with E-state index in [1.807, 2.05) is 18.7 Å². The zero-order chi connectivity index (χ0) is 12.4. The Kier molecular flexibility index (Phi) is 4.05. The lowest BCUT2D eigenvalue weighted by molar-refractivity contribution is -0.135. The molecule has 2 aliphatic rings. The van der Waals surface area contributed by atoms with E-state index in [2.05, 4.69) is 4.90 Å². The smallest absolute Gasteiger partial charge is 0.239 e. The molecule has 0 aromatic heterocycles. The van der Waals surface area contributed by atoms with Crippen molar-refractivity contribution in [1.82, 2.24) is 9.80 Å². The Morgan fingerprint density at radius 1 is 1.24 bits per heavy atom. The summed E-state index contributed by atoms with van der Waals surface area (Å²) in [7, 11) is 0. The molecule has 4 nitrogen and oxygen atoms in total. The second-order valence-corrected chi connectivity index (χ2v) is 5.84. The molecular weight excluding hydrogens is 214 g/mol. The molecule has 1 amide bonds. The first-order valence-electron chi connectivity index (χ1n) is 6.84. The Hall–Kier alpha value is -0.610. The van der Waals surface area contributed by atoms with Gasteiger partial charge in [0.1, 0.15) is 0 Å². The molecule has 1 atom stereocenters. The highest BCUT2D eigenvalue weighted by atomic mass is 16.2. The molecule has 2 rings (SSSR count). The number of nitrogens with two attached hydrogens (primary N) is 1. The van der Waals surface area contributed by atoms with Gasteiger partial charge < -0.3 is 10.6 Å². The first-order valence-corrected chi connectivity index (χ1v) is 6.84. The van der Waals surface area contributed by atoms with Crippen molar-refractivity contribution >= 4 is 5.91 Å². The summed E-state index contributed by atoms with van der Waals surface area (Å²) in [6.45, 7) is 8.99. The number of piperazine rings is 1. The van der Waals surface area contributed by atoms with Gasteiger partial charge in [-0.3, -0.25) is 9.69 Å². The summed E-state index contributed by atoms with van der Waals surface area (Å²) in [5.74, 6) is 1.30. The number of nitrogens with zero attached hydrogens (tertiary/aromatic N) is 2. The molecule has 98 valence electrons. The van der Waals surface area contributed by atoms with Crippen LogP contribution in [0.5, 0.6) is 0 Å². The van der Waals surface area contributed by atoms with E-state index in [9.17, 15) is 4.79 Å². The van der Waals surface area contributed by atoms with Crippen LogP contribution in [0.4, 0.5) is 0 Å². The van der Waals surface area contributed by atoms with Gasteiger partial charge in [0.15, 0.2) is 0 Å². The number of amides is 1. The van der Waals surface area contributed by atoms with Crippen LogP contribution in [0.3, 0.4) is 0 Å². The van der Waals surface area contributed by atoms with Crippen molar-refractivity contribution in [1.29, 1.82) is 0 Å². The summed E-state index contributed by atoms with van der Waals surface area (Å²) >= 11 is 0. The molecule has 1 aliphatic carbocycles. The minimum atomic E-state index is -0.329. The van der Waals surface area contributed by atoms with Gasteiger partial charge in [-0.25, -0.2) is 0 Å². The Bertz CT molecular complexity index is 268. The molecule has 1 saturated carbocycles. The maximum atomic E-state index is 12.1. The second kappa shape index (κ2) is 5.36. The molecule has 2 N–H and O–H groups in total. The summed E-state index contributed by atoms with van der Waals surface area (Å²) in [5.41, 5.74) is 5.91. The van der Waals surface area contributed by atoms with Gasteiger partial charge in [0, 0.05) is 32.7 Å². The maximum absolute atomic E-state index is 12.1. The highest BCUT2D eigenvalue weighted by Crippen LogP contribution is 2.29.